The highest BCUT2D eigenvalue weighted by atomic mass is 35.5. The Morgan fingerprint density at radius 1 is 1.48 bits per heavy atom. The van der Waals surface area contributed by atoms with Gasteiger partial charge >= 0.3 is 0 Å². The van der Waals surface area contributed by atoms with Crippen molar-refractivity contribution in [2.45, 2.75) is 26.0 Å². The van der Waals surface area contributed by atoms with Crippen LogP contribution in [0.5, 0.6) is 0 Å². The van der Waals surface area contributed by atoms with Gasteiger partial charge in [0.25, 0.3) is 5.56 Å². The maximum atomic E-state index is 12.1. The minimum absolute atomic E-state index is 0.148. The molecule has 1 aromatic heterocycles. The van der Waals surface area contributed by atoms with E-state index in [-0.39, 0.29) is 11.2 Å². The number of ether oxygens (including phenoxy) is 1. The molecule has 0 amide bonds. The van der Waals surface area contributed by atoms with Crippen molar-refractivity contribution in [2.75, 3.05) is 19.7 Å². The van der Waals surface area contributed by atoms with E-state index in [1.54, 1.807) is 18.2 Å². The van der Waals surface area contributed by atoms with Crippen molar-refractivity contribution >= 4 is 22.5 Å². The summed E-state index contributed by atoms with van der Waals surface area (Å²) < 4.78 is 5.69. The van der Waals surface area contributed by atoms with Crippen molar-refractivity contribution in [3.63, 3.8) is 0 Å². The van der Waals surface area contributed by atoms with Crippen molar-refractivity contribution in [3.05, 3.63) is 39.4 Å². The predicted octanol–water partition coefficient (Wildman–Crippen LogP) is 2.19. The number of hydrogen-bond acceptors (Lipinski definition) is 4. The summed E-state index contributed by atoms with van der Waals surface area (Å²) in [6.45, 7) is 7.09. The Morgan fingerprint density at radius 2 is 2.29 bits per heavy atom. The van der Waals surface area contributed by atoms with E-state index in [0.717, 1.165) is 13.1 Å². The zero-order valence-electron chi connectivity index (χ0n) is 12.1. The quantitative estimate of drug-likeness (QED) is 0.924. The lowest BCUT2D eigenvalue weighted by molar-refractivity contribution is -0.0887. The van der Waals surface area contributed by atoms with Gasteiger partial charge in [-0.15, -0.1) is 0 Å². The summed E-state index contributed by atoms with van der Waals surface area (Å²) >= 11 is 5.91. The molecule has 0 radical (unpaired) electrons. The molecule has 0 spiro atoms. The largest absolute Gasteiger partial charge is 0.373 e. The Balaban J connectivity index is 1.88. The Morgan fingerprint density at radius 3 is 3.05 bits per heavy atom. The first-order chi connectivity index (χ1) is 9.93. The Hall–Kier alpha value is -1.43. The number of rotatable bonds is 2. The molecular formula is C15H18ClN3O2. The van der Waals surface area contributed by atoms with E-state index in [0.29, 0.717) is 34.9 Å². The van der Waals surface area contributed by atoms with Gasteiger partial charge in [-0.05, 0) is 32.0 Å². The number of hydrogen-bond donors (Lipinski definition) is 1. The minimum atomic E-state index is -0.164. The van der Waals surface area contributed by atoms with Crippen molar-refractivity contribution in [3.8, 4) is 0 Å². The number of halogens is 1. The molecule has 6 heteroatoms. The third-order valence-corrected chi connectivity index (χ3v) is 3.83. The van der Waals surface area contributed by atoms with Crippen LogP contribution < -0.4 is 5.56 Å². The molecule has 1 fully saturated rings. The lowest BCUT2D eigenvalue weighted by Crippen LogP contribution is -2.48. The average Bonchev–Trinajstić information content (AvgIpc) is 2.38. The molecule has 0 atom stereocenters. The van der Waals surface area contributed by atoms with Crippen LogP contribution >= 0.6 is 11.6 Å². The summed E-state index contributed by atoms with van der Waals surface area (Å²) in [6.07, 6.45) is 0. The molecule has 0 aliphatic carbocycles. The Kier molecular flexibility index (Phi) is 3.73. The summed E-state index contributed by atoms with van der Waals surface area (Å²) in [5, 5.41) is 1.06. The van der Waals surface area contributed by atoms with Crippen LogP contribution in [0, 0.1) is 0 Å². The van der Waals surface area contributed by atoms with Crippen LogP contribution in [0.3, 0.4) is 0 Å². The van der Waals surface area contributed by atoms with E-state index in [9.17, 15) is 4.79 Å². The molecule has 1 aliphatic rings. The molecule has 3 rings (SSSR count). The van der Waals surface area contributed by atoms with E-state index >= 15 is 0 Å². The van der Waals surface area contributed by atoms with E-state index < -0.39 is 0 Å². The van der Waals surface area contributed by atoms with E-state index in [4.69, 9.17) is 16.3 Å². The van der Waals surface area contributed by atoms with E-state index in [1.165, 1.54) is 0 Å². The maximum Gasteiger partial charge on any atom is 0.258 e. The second-order valence-corrected chi connectivity index (χ2v) is 6.43. The normalized spacial score (nSPS) is 19.0. The Labute approximate surface area is 127 Å². The number of nitrogens with zero attached hydrogens (tertiary/aromatic N) is 2. The van der Waals surface area contributed by atoms with Gasteiger partial charge in [-0.1, -0.05) is 11.6 Å². The number of fused-ring (bicyclic) bond motifs is 1. The molecule has 0 bridgehead atoms. The maximum absolute atomic E-state index is 12.1. The summed E-state index contributed by atoms with van der Waals surface area (Å²) in [7, 11) is 0. The molecule has 2 heterocycles. The number of nitrogens with one attached hydrogen (secondary N) is 1. The standard InChI is InChI=1S/C15H18ClN3O2/c1-15(2)9-19(5-6-21-15)8-13-17-12-4-3-10(16)7-11(12)14(20)18-13/h3-4,7H,5-6,8-9H2,1-2H3,(H,17,18,20). The van der Waals surface area contributed by atoms with Crippen LogP contribution in [-0.4, -0.2) is 40.2 Å². The SMILES string of the molecule is CC1(C)CN(Cc2nc3ccc(Cl)cc3c(=O)[nH]2)CCO1. The van der Waals surface area contributed by atoms with Gasteiger partial charge in [0.15, 0.2) is 0 Å². The van der Waals surface area contributed by atoms with Crippen molar-refractivity contribution in [2.24, 2.45) is 0 Å². The first kappa shape index (κ1) is 14.5. The third-order valence-electron chi connectivity index (χ3n) is 3.59. The highest BCUT2D eigenvalue weighted by Crippen LogP contribution is 2.18. The summed E-state index contributed by atoms with van der Waals surface area (Å²) in [4.78, 5) is 21.7. The van der Waals surface area contributed by atoms with Crippen LogP contribution in [0.4, 0.5) is 0 Å². The topological polar surface area (TPSA) is 58.2 Å². The van der Waals surface area contributed by atoms with Crippen molar-refractivity contribution < 1.29 is 4.74 Å². The van der Waals surface area contributed by atoms with Gasteiger partial charge in [0.1, 0.15) is 5.82 Å². The first-order valence-electron chi connectivity index (χ1n) is 6.98. The van der Waals surface area contributed by atoms with Crippen LogP contribution in [-0.2, 0) is 11.3 Å². The van der Waals surface area contributed by atoms with Gasteiger partial charge in [-0.3, -0.25) is 9.69 Å². The molecule has 1 N–H and O–H groups in total. The molecule has 2 aromatic rings. The smallest absolute Gasteiger partial charge is 0.258 e. The highest BCUT2D eigenvalue weighted by molar-refractivity contribution is 6.31. The molecule has 1 aromatic carbocycles. The highest BCUT2D eigenvalue weighted by Gasteiger charge is 2.27. The molecule has 1 aliphatic heterocycles. The minimum Gasteiger partial charge on any atom is -0.373 e. The fraction of sp³-hybridized carbons (Fsp3) is 0.467. The number of aromatic amines is 1. The van der Waals surface area contributed by atoms with Gasteiger partial charge in [-0.25, -0.2) is 4.98 Å². The zero-order chi connectivity index (χ0) is 15.0. The molecule has 112 valence electrons. The first-order valence-corrected chi connectivity index (χ1v) is 7.35. The van der Waals surface area contributed by atoms with Crippen LogP contribution in [0.1, 0.15) is 19.7 Å². The second kappa shape index (κ2) is 5.40. The molecular weight excluding hydrogens is 290 g/mol. The molecule has 0 unspecified atom stereocenters. The van der Waals surface area contributed by atoms with Crippen LogP contribution in [0.25, 0.3) is 10.9 Å². The number of morpholine rings is 1. The fourth-order valence-corrected chi connectivity index (χ4v) is 2.87. The lowest BCUT2D eigenvalue weighted by atomic mass is 10.1. The molecule has 1 saturated heterocycles. The number of aromatic nitrogens is 2. The average molecular weight is 308 g/mol. The van der Waals surface area contributed by atoms with Crippen LogP contribution in [0.15, 0.2) is 23.0 Å². The predicted molar refractivity (Wildman–Crippen MR) is 82.7 cm³/mol. The molecule has 0 saturated carbocycles. The zero-order valence-corrected chi connectivity index (χ0v) is 12.9. The van der Waals surface area contributed by atoms with Crippen molar-refractivity contribution in [1.29, 1.82) is 0 Å². The van der Waals surface area contributed by atoms with Gasteiger partial charge in [-0.2, -0.15) is 0 Å². The van der Waals surface area contributed by atoms with Gasteiger partial charge in [0.2, 0.25) is 0 Å². The number of H-pyrrole nitrogens is 1. The van der Waals surface area contributed by atoms with E-state index in [2.05, 4.69) is 28.7 Å². The van der Waals surface area contributed by atoms with Gasteiger partial charge < -0.3 is 9.72 Å². The second-order valence-electron chi connectivity index (χ2n) is 5.99. The van der Waals surface area contributed by atoms with E-state index in [1.807, 2.05) is 0 Å². The molecule has 5 nitrogen and oxygen atoms in total. The summed E-state index contributed by atoms with van der Waals surface area (Å²) in [5.74, 6) is 0.674. The summed E-state index contributed by atoms with van der Waals surface area (Å²) in [6, 6.07) is 5.17. The van der Waals surface area contributed by atoms with Crippen LogP contribution in [0.2, 0.25) is 5.02 Å². The third kappa shape index (κ3) is 3.26. The van der Waals surface area contributed by atoms with Gasteiger partial charge in [0, 0.05) is 18.1 Å². The van der Waals surface area contributed by atoms with Gasteiger partial charge in [0.05, 0.1) is 29.7 Å². The van der Waals surface area contributed by atoms with Crippen molar-refractivity contribution in [1.82, 2.24) is 14.9 Å². The fourth-order valence-electron chi connectivity index (χ4n) is 2.70. The Bertz CT molecular complexity index is 726. The number of benzene rings is 1. The summed E-state index contributed by atoms with van der Waals surface area (Å²) in [5.41, 5.74) is 0.360. The monoisotopic (exact) mass is 307 g/mol. The lowest BCUT2D eigenvalue weighted by Gasteiger charge is -2.37. The molecule has 21 heavy (non-hydrogen) atoms.